The Labute approximate surface area is 133 Å². The van der Waals surface area contributed by atoms with E-state index in [0.29, 0.717) is 5.56 Å². The Balaban J connectivity index is 2.15. The van der Waals surface area contributed by atoms with Gasteiger partial charge in [0.1, 0.15) is 0 Å². The van der Waals surface area contributed by atoms with Crippen molar-refractivity contribution in [2.24, 2.45) is 0 Å². The van der Waals surface area contributed by atoms with E-state index in [1.54, 1.807) is 28.9 Å². The lowest BCUT2D eigenvalue weighted by Gasteiger charge is -2.25. The van der Waals surface area contributed by atoms with Crippen LogP contribution in [0.25, 0.3) is 5.69 Å². The van der Waals surface area contributed by atoms with Gasteiger partial charge >= 0.3 is 5.97 Å². The van der Waals surface area contributed by atoms with E-state index in [9.17, 15) is 14.7 Å². The van der Waals surface area contributed by atoms with Crippen LogP contribution < -0.4 is 5.32 Å². The average Bonchev–Trinajstić information content (AvgIpc) is 2.94. The smallest absolute Gasteiger partial charge is 0.331 e. The summed E-state index contributed by atoms with van der Waals surface area (Å²) >= 11 is 0. The molecule has 2 aromatic rings. The predicted molar refractivity (Wildman–Crippen MR) is 83.7 cm³/mol. The minimum Gasteiger partial charge on any atom is -0.479 e. The van der Waals surface area contributed by atoms with Crippen molar-refractivity contribution in [3.8, 4) is 5.69 Å². The molecular formula is C16H19N3O4. The van der Waals surface area contributed by atoms with Crippen molar-refractivity contribution in [1.29, 1.82) is 0 Å². The van der Waals surface area contributed by atoms with Gasteiger partial charge in [-0.2, -0.15) is 5.10 Å². The van der Waals surface area contributed by atoms with Crippen molar-refractivity contribution in [2.45, 2.75) is 19.4 Å². The number of rotatable bonds is 6. The summed E-state index contributed by atoms with van der Waals surface area (Å²) in [6, 6.07) is 8.61. The van der Waals surface area contributed by atoms with Crippen LogP contribution in [0.3, 0.4) is 0 Å². The monoisotopic (exact) mass is 317 g/mol. The summed E-state index contributed by atoms with van der Waals surface area (Å²) in [6.45, 7) is 3.16. The first-order valence-corrected chi connectivity index (χ1v) is 7.03. The summed E-state index contributed by atoms with van der Waals surface area (Å²) in [4.78, 5) is 23.6. The second-order valence-electron chi connectivity index (χ2n) is 5.47. The number of hydrogen-bond donors (Lipinski definition) is 2. The van der Waals surface area contributed by atoms with Crippen LogP contribution in [0.5, 0.6) is 0 Å². The van der Waals surface area contributed by atoms with Gasteiger partial charge in [0.05, 0.1) is 18.0 Å². The number of hydrogen-bond acceptors (Lipinski definition) is 4. The Bertz CT molecular complexity index is 708. The molecule has 0 radical (unpaired) electrons. The quantitative estimate of drug-likeness (QED) is 0.840. The molecule has 1 aromatic carbocycles. The highest BCUT2D eigenvalue weighted by Gasteiger charge is 2.35. The van der Waals surface area contributed by atoms with Crippen LogP contribution in [0.1, 0.15) is 23.0 Å². The van der Waals surface area contributed by atoms with E-state index in [2.05, 4.69) is 10.4 Å². The van der Waals surface area contributed by atoms with Crippen molar-refractivity contribution in [1.82, 2.24) is 15.1 Å². The summed E-state index contributed by atoms with van der Waals surface area (Å²) in [7, 11) is 1.38. The summed E-state index contributed by atoms with van der Waals surface area (Å²) in [5, 5.41) is 16.0. The van der Waals surface area contributed by atoms with Gasteiger partial charge in [0, 0.05) is 18.9 Å². The number of aryl methyl sites for hydroxylation is 1. The molecule has 2 rings (SSSR count). The molecule has 0 unspecified atom stereocenters. The van der Waals surface area contributed by atoms with Crippen LogP contribution in [0, 0.1) is 6.92 Å². The SMILES string of the molecule is COC[C@](C)(NC(=O)c1ccc(-n2ccc(C)n2)cc1)C(=O)O. The number of carboxylic acids is 1. The molecule has 7 nitrogen and oxygen atoms in total. The number of carboxylic acid groups (broad SMARTS) is 1. The van der Waals surface area contributed by atoms with Crippen LogP contribution in [-0.4, -0.2) is 46.0 Å². The van der Waals surface area contributed by atoms with Gasteiger partial charge in [0.15, 0.2) is 5.54 Å². The minimum absolute atomic E-state index is 0.126. The Morgan fingerprint density at radius 2 is 1.96 bits per heavy atom. The molecule has 0 saturated carbocycles. The minimum atomic E-state index is -1.48. The summed E-state index contributed by atoms with van der Waals surface area (Å²) < 4.78 is 6.57. The van der Waals surface area contributed by atoms with Gasteiger partial charge in [-0.3, -0.25) is 4.79 Å². The number of carbonyl (C=O) groups is 2. The average molecular weight is 317 g/mol. The summed E-state index contributed by atoms with van der Waals surface area (Å²) in [5.74, 6) is -1.63. The number of methoxy groups -OCH3 is 1. The highest BCUT2D eigenvalue weighted by atomic mass is 16.5. The van der Waals surface area contributed by atoms with E-state index in [1.165, 1.54) is 14.0 Å². The fourth-order valence-corrected chi connectivity index (χ4v) is 2.09. The Morgan fingerprint density at radius 1 is 1.30 bits per heavy atom. The Hall–Kier alpha value is -2.67. The van der Waals surface area contributed by atoms with Gasteiger partial charge in [-0.05, 0) is 44.2 Å². The van der Waals surface area contributed by atoms with E-state index in [1.807, 2.05) is 19.2 Å². The predicted octanol–water partition coefficient (Wildman–Crippen LogP) is 1.40. The van der Waals surface area contributed by atoms with Crippen molar-refractivity contribution in [3.05, 3.63) is 47.8 Å². The van der Waals surface area contributed by atoms with E-state index in [-0.39, 0.29) is 6.61 Å². The lowest BCUT2D eigenvalue weighted by molar-refractivity contribution is -0.145. The largest absolute Gasteiger partial charge is 0.479 e. The number of carbonyl (C=O) groups excluding carboxylic acids is 1. The number of nitrogens with one attached hydrogen (secondary N) is 1. The number of aromatic nitrogens is 2. The lowest BCUT2D eigenvalue weighted by atomic mass is 10.0. The van der Waals surface area contributed by atoms with Crippen LogP contribution in [0.2, 0.25) is 0 Å². The second-order valence-corrected chi connectivity index (χ2v) is 5.47. The first-order valence-electron chi connectivity index (χ1n) is 7.03. The molecule has 0 bridgehead atoms. The molecular weight excluding hydrogens is 298 g/mol. The molecule has 1 atom stereocenters. The normalized spacial score (nSPS) is 13.3. The van der Waals surface area contributed by atoms with E-state index in [0.717, 1.165) is 11.4 Å². The summed E-state index contributed by atoms with van der Waals surface area (Å²) in [5.41, 5.74) is 0.584. The molecule has 0 spiro atoms. The zero-order chi connectivity index (χ0) is 17.0. The van der Waals surface area contributed by atoms with E-state index in [4.69, 9.17) is 4.74 Å². The second kappa shape index (κ2) is 6.62. The highest BCUT2D eigenvalue weighted by Crippen LogP contribution is 2.12. The molecule has 1 aromatic heterocycles. The van der Waals surface area contributed by atoms with Gasteiger partial charge in [-0.15, -0.1) is 0 Å². The van der Waals surface area contributed by atoms with Crippen LogP contribution in [0.4, 0.5) is 0 Å². The Kier molecular flexibility index (Phi) is 4.80. The van der Waals surface area contributed by atoms with Crippen LogP contribution in [-0.2, 0) is 9.53 Å². The van der Waals surface area contributed by atoms with Gasteiger partial charge < -0.3 is 15.2 Å². The maximum absolute atomic E-state index is 12.2. The van der Waals surface area contributed by atoms with Crippen LogP contribution >= 0.6 is 0 Å². The first kappa shape index (κ1) is 16.7. The molecule has 2 N–H and O–H groups in total. The molecule has 0 aliphatic heterocycles. The first-order chi connectivity index (χ1) is 10.9. The number of aliphatic carboxylic acids is 1. The molecule has 0 saturated heterocycles. The third kappa shape index (κ3) is 3.75. The third-order valence-corrected chi connectivity index (χ3v) is 3.41. The van der Waals surface area contributed by atoms with Crippen molar-refractivity contribution in [3.63, 3.8) is 0 Å². The van der Waals surface area contributed by atoms with Crippen molar-refractivity contribution in [2.75, 3.05) is 13.7 Å². The highest BCUT2D eigenvalue weighted by molar-refractivity contribution is 5.97. The van der Waals surface area contributed by atoms with E-state index >= 15 is 0 Å². The molecule has 122 valence electrons. The molecule has 1 amide bonds. The lowest BCUT2D eigenvalue weighted by Crippen LogP contribution is -2.55. The molecule has 0 aliphatic rings. The Morgan fingerprint density at radius 3 is 2.43 bits per heavy atom. The number of ether oxygens (including phenoxy) is 1. The number of nitrogens with zero attached hydrogens (tertiary/aromatic N) is 2. The summed E-state index contributed by atoms with van der Waals surface area (Å²) in [6.07, 6.45) is 1.82. The molecule has 0 fully saturated rings. The van der Waals surface area contributed by atoms with E-state index < -0.39 is 17.4 Å². The third-order valence-electron chi connectivity index (χ3n) is 3.41. The maximum atomic E-state index is 12.2. The topological polar surface area (TPSA) is 93.5 Å². The van der Waals surface area contributed by atoms with Crippen LogP contribution in [0.15, 0.2) is 36.5 Å². The maximum Gasteiger partial charge on any atom is 0.331 e. The van der Waals surface area contributed by atoms with Gasteiger partial charge in [-0.25, -0.2) is 9.48 Å². The van der Waals surface area contributed by atoms with Gasteiger partial charge in [-0.1, -0.05) is 0 Å². The zero-order valence-corrected chi connectivity index (χ0v) is 13.2. The van der Waals surface area contributed by atoms with Crippen molar-refractivity contribution >= 4 is 11.9 Å². The fraction of sp³-hybridized carbons (Fsp3) is 0.312. The molecule has 0 aliphatic carbocycles. The molecule has 1 heterocycles. The molecule has 23 heavy (non-hydrogen) atoms. The fourth-order valence-electron chi connectivity index (χ4n) is 2.09. The standard InChI is InChI=1S/C16H19N3O4/c1-11-8-9-19(18-11)13-6-4-12(5-7-13)14(20)17-16(2,10-23-3)15(21)22/h4-9H,10H2,1-3H3,(H,17,20)(H,21,22)/t16-/m0/s1. The zero-order valence-electron chi connectivity index (χ0n) is 13.2. The molecule has 7 heteroatoms. The van der Waals surface area contributed by atoms with Crippen molar-refractivity contribution < 1.29 is 19.4 Å². The number of benzene rings is 1. The van der Waals surface area contributed by atoms with Gasteiger partial charge in [0.2, 0.25) is 0 Å². The van der Waals surface area contributed by atoms with Gasteiger partial charge in [0.25, 0.3) is 5.91 Å². The number of amides is 1.